The van der Waals surface area contributed by atoms with Crippen LogP contribution in [0, 0.1) is 11.3 Å². The van der Waals surface area contributed by atoms with Gasteiger partial charge < -0.3 is 15.0 Å². The lowest BCUT2D eigenvalue weighted by Crippen LogP contribution is -2.43. The summed E-state index contributed by atoms with van der Waals surface area (Å²) >= 11 is 0. The molecule has 2 saturated carbocycles. The number of nitrogens with zero attached hydrogens (tertiary/aromatic N) is 2. The Balaban J connectivity index is 1.40. The van der Waals surface area contributed by atoms with Crippen molar-refractivity contribution in [1.82, 2.24) is 10.2 Å². The van der Waals surface area contributed by atoms with E-state index in [1.54, 1.807) is 0 Å². The zero-order chi connectivity index (χ0) is 15.4. The first-order chi connectivity index (χ1) is 10.7. The highest BCUT2D eigenvalue weighted by Gasteiger charge is 2.53. The summed E-state index contributed by atoms with van der Waals surface area (Å²) in [5, 5.41) is 3.56. The molecule has 1 aromatic carbocycles. The van der Waals surface area contributed by atoms with Crippen molar-refractivity contribution in [2.24, 2.45) is 16.3 Å². The zero-order valence-electron chi connectivity index (χ0n) is 13.7. The highest BCUT2D eigenvalue weighted by molar-refractivity contribution is 5.79. The highest BCUT2D eigenvalue weighted by Crippen LogP contribution is 2.60. The number of para-hydroxylation sites is 1. The topological polar surface area (TPSA) is 36.9 Å². The van der Waals surface area contributed by atoms with Crippen molar-refractivity contribution in [2.45, 2.75) is 25.7 Å². The summed E-state index contributed by atoms with van der Waals surface area (Å²) in [6.07, 6.45) is 5.65. The van der Waals surface area contributed by atoms with E-state index in [4.69, 9.17) is 4.74 Å². The number of guanidine groups is 1. The van der Waals surface area contributed by atoms with Crippen molar-refractivity contribution in [2.75, 3.05) is 33.8 Å². The molecule has 120 valence electrons. The number of aliphatic imine (C=N–C) groups is 1. The maximum absolute atomic E-state index is 5.75. The lowest BCUT2D eigenvalue weighted by Gasteiger charge is -2.24. The molecule has 0 aliphatic heterocycles. The largest absolute Gasteiger partial charge is 0.492 e. The van der Waals surface area contributed by atoms with Crippen molar-refractivity contribution in [3.63, 3.8) is 0 Å². The van der Waals surface area contributed by atoms with Gasteiger partial charge in [-0.1, -0.05) is 18.2 Å². The molecule has 0 amide bonds. The second kappa shape index (κ2) is 6.59. The molecular weight excluding hydrogens is 274 g/mol. The number of nitrogens with one attached hydrogen (secondary N) is 1. The van der Waals surface area contributed by atoms with Crippen molar-refractivity contribution in [1.29, 1.82) is 0 Å². The Morgan fingerprint density at radius 3 is 2.64 bits per heavy atom. The molecule has 2 aliphatic rings. The van der Waals surface area contributed by atoms with Crippen LogP contribution in [0.4, 0.5) is 0 Å². The van der Waals surface area contributed by atoms with E-state index < -0.39 is 0 Å². The minimum Gasteiger partial charge on any atom is -0.492 e. The number of benzene rings is 1. The summed E-state index contributed by atoms with van der Waals surface area (Å²) in [5.41, 5.74) is 0.595. The zero-order valence-corrected chi connectivity index (χ0v) is 13.7. The van der Waals surface area contributed by atoms with E-state index in [0.29, 0.717) is 12.0 Å². The molecule has 3 rings (SSSR count). The van der Waals surface area contributed by atoms with E-state index in [1.807, 2.05) is 37.4 Å². The number of hydrogen-bond acceptors (Lipinski definition) is 2. The summed E-state index contributed by atoms with van der Waals surface area (Å²) in [6.45, 7) is 2.56. The Hall–Kier alpha value is -1.71. The van der Waals surface area contributed by atoms with Gasteiger partial charge in [0.15, 0.2) is 5.96 Å². The summed E-state index contributed by atoms with van der Waals surface area (Å²) in [4.78, 5) is 6.54. The molecule has 22 heavy (non-hydrogen) atoms. The average molecular weight is 301 g/mol. The molecule has 0 saturated heterocycles. The van der Waals surface area contributed by atoms with E-state index in [9.17, 15) is 0 Å². The SMILES string of the molecule is CN=C(NCC1(C2CC2)CC1)N(C)CCOc1ccccc1. The summed E-state index contributed by atoms with van der Waals surface area (Å²) < 4.78 is 5.75. The second-order valence-corrected chi connectivity index (χ2v) is 6.62. The minimum atomic E-state index is 0.595. The van der Waals surface area contributed by atoms with Gasteiger partial charge in [0.1, 0.15) is 12.4 Å². The Labute approximate surface area is 133 Å². The van der Waals surface area contributed by atoms with Gasteiger partial charge in [-0.3, -0.25) is 4.99 Å². The van der Waals surface area contributed by atoms with Crippen LogP contribution in [-0.2, 0) is 0 Å². The van der Waals surface area contributed by atoms with E-state index in [0.717, 1.165) is 30.7 Å². The summed E-state index contributed by atoms with van der Waals surface area (Å²) in [5.74, 6) is 2.87. The monoisotopic (exact) mass is 301 g/mol. The van der Waals surface area contributed by atoms with Crippen LogP contribution in [0.5, 0.6) is 5.75 Å². The van der Waals surface area contributed by atoms with E-state index in [1.165, 1.54) is 25.7 Å². The molecule has 0 spiro atoms. The smallest absolute Gasteiger partial charge is 0.193 e. The number of rotatable bonds is 7. The predicted molar refractivity (Wildman–Crippen MR) is 90.3 cm³/mol. The molecular formula is C18H27N3O. The molecule has 4 heteroatoms. The quantitative estimate of drug-likeness (QED) is 0.621. The van der Waals surface area contributed by atoms with Gasteiger partial charge >= 0.3 is 0 Å². The van der Waals surface area contributed by atoms with Gasteiger partial charge in [-0.2, -0.15) is 0 Å². The fourth-order valence-corrected chi connectivity index (χ4v) is 3.15. The van der Waals surface area contributed by atoms with Crippen molar-refractivity contribution >= 4 is 5.96 Å². The van der Waals surface area contributed by atoms with E-state index >= 15 is 0 Å². The van der Waals surface area contributed by atoms with Crippen LogP contribution >= 0.6 is 0 Å². The van der Waals surface area contributed by atoms with E-state index in [2.05, 4.69) is 22.3 Å². The van der Waals surface area contributed by atoms with Crippen LogP contribution in [0.2, 0.25) is 0 Å². The van der Waals surface area contributed by atoms with Crippen LogP contribution in [-0.4, -0.2) is 44.7 Å². The molecule has 0 aromatic heterocycles. The molecule has 0 unspecified atom stereocenters. The Bertz CT molecular complexity index is 506. The van der Waals surface area contributed by atoms with Crippen LogP contribution in [0.25, 0.3) is 0 Å². The van der Waals surface area contributed by atoms with Crippen LogP contribution < -0.4 is 10.1 Å². The normalized spacial score (nSPS) is 19.6. The minimum absolute atomic E-state index is 0.595. The maximum Gasteiger partial charge on any atom is 0.193 e. The first-order valence-electron chi connectivity index (χ1n) is 8.33. The molecule has 1 N–H and O–H groups in total. The number of hydrogen-bond donors (Lipinski definition) is 1. The molecule has 2 fully saturated rings. The van der Waals surface area contributed by atoms with Gasteiger partial charge in [-0.15, -0.1) is 0 Å². The predicted octanol–water partition coefficient (Wildman–Crippen LogP) is 2.76. The molecule has 0 atom stereocenters. The Morgan fingerprint density at radius 1 is 1.32 bits per heavy atom. The van der Waals surface area contributed by atoms with Crippen LogP contribution in [0.1, 0.15) is 25.7 Å². The highest BCUT2D eigenvalue weighted by atomic mass is 16.5. The Kier molecular flexibility index (Phi) is 4.55. The lowest BCUT2D eigenvalue weighted by molar-refractivity contribution is 0.280. The fourth-order valence-electron chi connectivity index (χ4n) is 3.15. The average Bonchev–Trinajstić information content (AvgIpc) is 3.41. The Morgan fingerprint density at radius 2 is 2.05 bits per heavy atom. The third kappa shape index (κ3) is 3.73. The van der Waals surface area contributed by atoms with Gasteiger partial charge in [-0.25, -0.2) is 0 Å². The third-order valence-corrected chi connectivity index (χ3v) is 4.95. The molecule has 0 radical (unpaired) electrons. The molecule has 0 heterocycles. The van der Waals surface area contributed by atoms with Crippen molar-refractivity contribution in [3.05, 3.63) is 30.3 Å². The fraction of sp³-hybridized carbons (Fsp3) is 0.611. The molecule has 0 bridgehead atoms. The van der Waals surface area contributed by atoms with Crippen molar-refractivity contribution in [3.8, 4) is 5.75 Å². The maximum atomic E-state index is 5.75. The standard InChI is InChI=1S/C18H27N3O/c1-19-17(20-14-18(10-11-18)15-8-9-15)21(2)12-13-22-16-6-4-3-5-7-16/h3-7,15H,8-14H2,1-2H3,(H,19,20). The van der Waals surface area contributed by atoms with Crippen LogP contribution in [0.3, 0.4) is 0 Å². The lowest BCUT2D eigenvalue weighted by atomic mass is 10.0. The van der Waals surface area contributed by atoms with Gasteiger partial charge in [0, 0.05) is 20.6 Å². The molecule has 1 aromatic rings. The second-order valence-electron chi connectivity index (χ2n) is 6.62. The summed E-state index contributed by atoms with van der Waals surface area (Å²) in [7, 11) is 3.92. The van der Waals surface area contributed by atoms with Gasteiger partial charge in [0.05, 0.1) is 6.54 Å². The first-order valence-corrected chi connectivity index (χ1v) is 8.33. The molecule has 2 aliphatic carbocycles. The van der Waals surface area contributed by atoms with Gasteiger partial charge in [0.2, 0.25) is 0 Å². The van der Waals surface area contributed by atoms with Crippen LogP contribution in [0.15, 0.2) is 35.3 Å². The number of likely N-dealkylation sites (N-methyl/N-ethyl adjacent to an activating group) is 1. The van der Waals surface area contributed by atoms with Crippen molar-refractivity contribution < 1.29 is 4.74 Å². The van der Waals surface area contributed by atoms with Gasteiger partial charge in [-0.05, 0) is 49.1 Å². The first kappa shape index (κ1) is 15.2. The number of ether oxygens (including phenoxy) is 1. The van der Waals surface area contributed by atoms with Gasteiger partial charge in [0.25, 0.3) is 0 Å². The van der Waals surface area contributed by atoms with E-state index in [-0.39, 0.29) is 0 Å². The molecule has 4 nitrogen and oxygen atoms in total. The third-order valence-electron chi connectivity index (χ3n) is 4.95. The summed E-state index contributed by atoms with van der Waals surface area (Å²) in [6, 6.07) is 9.95.